The average Bonchev–Trinajstić information content (AvgIpc) is 2.14. The number of aryl methyl sites for hydroxylation is 1. The Morgan fingerprint density at radius 3 is 2.60 bits per heavy atom. The summed E-state index contributed by atoms with van der Waals surface area (Å²) < 4.78 is 26.4. The molecule has 1 rings (SSSR count). The Bertz CT molecular complexity index is 386. The molecule has 82 valence electrons. The van der Waals surface area contributed by atoms with Crippen molar-refractivity contribution in [3.8, 4) is 0 Å². The number of hydrogen-bond donors (Lipinski definition) is 1. The zero-order valence-electron chi connectivity index (χ0n) is 8.85. The van der Waals surface area contributed by atoms with Crippen LogP contribution < -0.4 is 5.73 Å². The fraction of sp³-hybridized carbons (Fsp3) is 0.364. The quantitative estimate of drug-likeness (QED) is 0.607. The van der Waals surface area contributed by atoms with Crippen LogP contribution in [-0.4, -0.2) is 5.84 Å². The lowest BCUT2D eigenvalue weighted by Crippen LogP contribution is -2.10. The SMILES string of the molecule is CCCC(N)=Nc1cc(F)c(C)cc1F. The van der Waals surface area contributed by atoms with E-state index >= 15 is 0 Å². The molecule has 0 atom stereocenters. The largest absolute Gasteiger partial charge is 0.387 e. The topological polar surface area (TPSA) is 38.4 Å². The fourth-order valence-electron chi connectivity index (χ4n) is 1.19. The lowest BCUT2D eigenvalue weighted by molar-refractivity contribution is 0.594. The van der Waals surface area contributed by atoms with E-state index in [9.17, 15) is 8.78 Å². The maximum atomic E-state index is 13.3. The third-order valence-electron chi connectivity index (χ3n) is 2.00. The van der Waals surface area contributed by atoms with Crippen molar-refractivity contribution in [3.05, 3.63) is 29.3 Å². The van der Waals surface area contributed by atoms with Crippen molar-refractivity contribution in [1.82, 2.24) is 0 Å². The molecule has 0 saturated carbocycles. The van der Waals surface area contributed by atoms with Crippen LogP contribution >= 0.6 is 0 Å². The third-order valence-corrected chi connectivity index (χ3v) is 2.00. The molecule has 4 heteroatoms. The smallest absolute Gasteiger partial charge is 0.149 e. The maximum absolute atomic E-state index is 13.3. The van der Waals surface area contributed by atoms with Gasteiger partial charge in [-0.05, 0) is 25.0 Å². The normalized spacial score (nSPS) is 11.9. The van der Waals surface area contributed by atoms with Crippen LogP contribution in [0.15, 0.2) is 17.1 Å². The molecule has 1 aromatic rings. The summed E-state index contributed by atoms with van der Waals surface area (Å²) in [5.74, 6) is -0.702. The average molecular weight is 212 g/mol. The second-order valence-corrected chi connectivity index (χ2v) is 3.41. The molecular weight excluding hydrogens is 198 g/mol. The van der Waals surface area contributed by atoms with Crippen molar-refractivity contribution in [2.75, 3.05) is 0 Å². The van der Waals surface area contributed by atoms with E-state index in [1.807, 2.05) is 6.92 Å². The predicted octanol–water partition coefficient (Wildman–Crippen LogP) is 3.06. The summed E-state index contributed by atoms with van der Waals surface area (Å²) in [6.07, 6.45) is 1.40. The van der Waals surface area contributed by atoms with Gasteiger partial charge in [0.25, 0.3) is 0 Å². The van der Waals surface area contributed by atoms with Crippen LogP contribution in [0.5, 0.6) is 0 Å². The van der Waals surface area contributed by atoms with Crippen LogP contribution in [0, 0.1) is 18.6 Å². The maximum Gasteiger partial charge on any atom is 0.149 e. The van der Waals surface area contributed by atoms with Gasteiger partial charge >= 0.3 is 0 Å². The van der Waals surface area contributed by atoms with Crippen molar-refractivity contribution in [2.24, 2.45) is 10.7 Å². The molecule has 0 unspecified atom stereocenters. The molecule has 0 amide bonds. The predicted molar refractivity (Wildman–Crippen MR) is 57.3 cm³/mol. The van der Waals surface area contributed by atoms with Crippen LogP contribution in [0.4, 0.5) is 14.5 Å². The number of nitrogens with two attached hydrogens (primary N) is 1. The molecule has 0 heterocycles. The number of hydrogen-bond acceptors (Lipinski definition) is 1. The molecule has 1 aromatic carbocycles. The molecule has 0 aliphatic rings. The second kappa shape index (κ2) is 4.87. The first-order valence-electron chi connectivity index (χ1n) is 4.83. The van der Waals surface area contributed by atoms with Gasteiger partial charge in [-0.1, -0.05) is 6.92 Å². The van der Waals surface area contributed by atoms with E-state index in [4.69, 9.17) is 5.73 Å². The Balaban J connectivity index is 3.05. The Kier molecular flexibility index (Phi) is 3.77. The van der Waals surface area contributed by atoms with Gasteiger partial charge in [-0.2, -0.15) is 0 Å². The first-order chi connectivity index (χ1) is 7.04. The van der Waals surface area contributed by atoms with E-state index < -0.39 is 11.6 Å². The first kappa shape index (κ1) is 11.6. The van der Waals surface area contributed by atoms with Crippen molar-refractivity contribution in [3.63, 3.8) is 0 Å². The highest BCUT2D eigenvalue weighted by Crippen LogP contribution is 2.21. The molecule has 2 N–H and O–H groups in total. The second-order valence-electron chi connectivity index (χ2n) is 3.41. The number of rotatable bonds is 3. The van der Waals surface area contributed by atoms with E-state index in [1.54, 1.807) is 0 Å². The van der Waals surface area contributed by atoms with Gasteiger partial charge < -0.3 is 5.73 Å². The van der Waals surface area contributed by atoms with E-state index in [2.05, 4.69) is 4.99 Å². The molecule has 0 radical (unpaired) electrons. The third kappa shape index (κ3) is 3.01. The minimum atomic E-state index is -0.548. The van der Waals surface area contributed by atoms with E-state index in [0.29, 0.717) is 12.3 Å². The summed E-state index contributed by atoms with van der Waals surface area (Å²) in [5.41, 5.74) is 5.76. The Hall–Kier alpha value is -1.45. The summed E-state index contributed by atoms with van der Waals surface area (Å²) in [4.78, 5) is 3.83. The van der Waals surface area contributed by atoms with Crippen LogP contribution in [0.25, 0.3) is 0 Å². The minimum Gasteiger partial charge on any atom is -0.387 e. The molecule has 0 spiro atoms. The summed E-state index contributed by atoms with van der Waals surface area (Å²) in [7, 11) is 0. The van der Waals surface area contributed by atoms with Crippen molar-refractivity contribution in [1.29, 1.82) is 0 Å². The molecule has 0 aromatic heterocycles. The molecule has 0 bridgehead atoms. The minimum absolute atomic E-state index is 0.0379. The van der Waals surface area contributed by atoms with Crippen molar-refractivity contribution < 1.29 is 8.78 Å². The lowest BCUT2D eigenvalue weighted by Gasteiger charge is -2.02. The van der Waals surface area contributed by atoms with Crippen LogP contribution in [0.3, 0.4) is 0 Å². The van der Waals surface area contributed by atoms with Gasteiger partial charge in [0.1, 0.15) is 17.3 Å². The highest BCUT2D eigenvalue weighted by molar-refractivity contribution is 5.83. The van der Waals surface area contributed by atoms with Gasteiger partial charge in [0.2, 0.25) is 0 Å². The zero-order chi connectivity index (χ0) is 11.4. The molecule has 0 fully saturated rings. The zero-order valence-corrected chi connectivity index (χ0v) is 8.85. The van der Waals surface area contributed by atoms with Gasteiger partial charge in [0, 0.05) is 12.5 Å². The highest BCUT2D eigenvalue weighted by atomic mass is 19.1. The molecule has 0 aliphatic carbocycles. The summed E-state index contributed by atoms with van der Waals surface area (Å²) >= 11 is 0. The van der Waals surface area contributed by atoms with Crippen LogP contribution in [0.1, 0.15) is 25.3 Å². The number of nitrogens with zero attached hydrogens (tertiary/aromatic N) is 1. The molecule has 0 saturated heterocycles. The van der Waals surface area contributed by atoms with Gasteiger partial charge in [0.05, 0.1) is 5.84 Å². The molecule has 2 nitrogen and oxygen atoms in total. The standard InChI is InChI=1S/C11H14F2N2/c1-3-4-11(14)15-10-6-8(12)7(2)5-9(10)13/h5-6H,3-4H2,1-2H3,(H2,14,15). The number of amidine groups is 1. The van der Waals surface area contributed by atoms with E-state index in [1.165, 1.54) is 6.92 Å². The van der Waals surface area contributed by atoms with E-state index in [0.717, 1.165) is 18.6 Å². The van der Waals surface area contributed by atoms with Crippen LogP contribution in [0.2, 0.25) is 0 Å². The van der Waals surface area contributed by atoms with Crippen LogP contribution in [-0.2, 0) is 0 Å². The Labute approximate surface area is 87.8 Å². The monoisotopic (exact) mass is 212 g/mol. The highest BCUT2D eigenvalue weighted by Gasteiger charge is 2.06. The van der Waals surface area contributed by atoms with Crippen molar-refractivity contribution in [2.45, 2.75) is 26.7 Å². The summed E-state index contributed by atoms with van der Waals surface area (Å²) in [6.45, 7) is 3.44. The van der Waals surface area contributed by atoms with Gasteiger partial charge in [-0.25, -0.2) is 13.8 Å². The Morgan fingerprint density at radius 2 is 2.00 bits per heavy atom. The summed E-state index contributed by atoms with van der Waals surface area (Å²) in [6, 6.07) is 2.18. The first-order valence-corrected chi connectivity index (χ1v) is 4.83. The Morgan fingerprint density at radius 1 is 1.33 bits per heavy atom. The van der Waals surface area contributed by atoms with Gasteiger partial charge in [-0.3, -0.25) is 0 Å². The lowest BCUT2D eigenvalue weighted by atomic mass is 10.2. The molecule has 0 aliphatic heterocycles. The number of benzene rings is 1. The number of aliphatic imine (C=N–C) groups is 1. The number of halogens is 2. The van der Waals surface area contributed by atoms with Gasteiger partial charge in [0.15, 0.2) is 0 Å². The van der Waals surface area contributed by atoms with E-state index in [-0.39, 0.29) is 11.3 Å². The molecule has 15 heavy (non-hydrogen) atoms. The van der Waals surface area contributed by atoms with Crippen molar-refractivity contribution >= 4 is 11.5 Å². The summed E-state index contributed by atoms with van der Waals surface area (Å²) in [5, 5.41) is 0. The fourth-order valence-corrected chi connectivity index (χ4v) is 1.19. The molecular formula is C11H14F2N2. The van der Waals surface area contributed by atoms with Gasteiger partial charge in [-0.15, -0.1) is 0 Å².